The first-order chi connectivity index (χ1) is 7.79. The van der Waals surface area contributed by atoms with E-state index in [2.05, 4.69) is 4.99 Å². The second kappa shape index (κ2) is 5.07. The Morgan fingerprint density at radius 1 is 1.44 bits per heavy atom. The van der Waals surface area contributed by atoms with Gasteiger partial charge in [-0.1, -0.05) is 18.2 Å². The Morgan fingerprint density at radius 2 is 2.25 bits per heavy atom. The first-order valence-electron chi connectivity index (χ1n) is 5.42. The fourth-order valence-corrected chi connectivity index (χ4v) is 1.75. The monoisotopic (exact) mass is 222 g/mol. The van der Waals surface area contributed by atoms with Crippen molar-refractivity contribution in [1.82, 2.24) is 0 Å². The van der Waals surface area contributed by atoms with E-state index < -0.39 is 0 Å². The van der Waals surface area contributed by atoms with Gasteiger partial charge in [-0.25, -0.2) is 9.38 Å². The minimum Gasteiger partial charge on any atom is -0.479 e. The van der Waals surface area contributed by atoms with E-state index in [9.17, 15) is 4.39 Å². The minimum atomic E-state index is -0.176. The Hall–Kier alpha value is -1.42. The average Bonchev–Trinajstić information content (AvgIpc) is 2.70. The van der Waals surface area contributed by atoms with Gasteiger partial charge in [0.2, 0.25) is 0 Å². The van der Waals surface area contributed by atoms with Crippen molar-refractivity contribution in [3.8, 4) is 0 Å². The first-order valence-corrected chi connectivity index (χ1v) is 5.42. The van der Waals surface area contributed by atoms with E-state index in [1.54, 1.807) is 12.1 Å². The number of rotatable bonds is 4. The van der Waals surface area contributed by atoms with E-state index in [0.717, 1.165) is 0 Å². The van der Waals surface area contributed by atoms with Crippen molar-refractivity contribution in [3.63, 3.8) is 0 Å². The fraction of sp³-hybridized carbons (Fsp3) is 0.417. The topological polar surface area (TPSA) is 47.6 Å². The summed E-state index contributed by atoms with van der Waals surface area (Å²) in [6.45, 7) is 1.06. The number of hydrogen-bond donors (Lipinski definition) is 1. The van der Waals surface area contributed by atoms with Crippen molar-refractivity contribution in [2.75, 3.05) is 13.2 Å². The molecule has 1 heterocycles. The molecule has 3 nitrogen and oxygen atoms in total. The number of halogens is 1. The summed E-state index contributed by atoms with van der Waals surface area (Å²) in [5.74, 6) is 0.522. The summed E-state index contributed by atoms with van der Waals surface area (Å²) in [5, 5.41) is 0. The molecule has 0 saturated heterocycles. The normalized spacial score (nSPS) is 19.4. The fourth-order valence-electron chi connectivity index (χ4n) is 1.75. The van der Waals surface area contributed by atoms with Crippen molar-refractivity contribution in [1.29, 1.82) is 0 Å². The van der Waals surface area contributed by atoms with Crippen LogP contribution in [0, 0.1) is 5.82 Å². The number of ether oxygens (including phenoxy) is 1. The molecule has 1 atom stereocenters. The highest BCUT2D eigenvalue weighted by atomic mass is 19.1. The third-order valence-corrected chi connectivity index (χ3v) is 2.54. The minimum absolute atomic E-state index is 0.0263. The Morgan fingerprint density at radius 3 is 3.00 bits per heavy atom. The van der Waals surface area contributed by atoms with E-state index in [-0.39, 0.29) is 11.9 Å². The number of benzene rings is 1. The van der Waals surface area contributed by atoms with E-state index in [1.807, 2.05) is 6.07 Å². The third kappa shape index (κ3) is 2.58. The summed E-state index contributed by atoms with van der Waals surface area (Å²) in [6.07, 6.45) is 1.24. The Bertz CT molecular complexity index is 392. The number of nitrogens with two attached hydrogens (primary N) is 1. The molecule has 0 amide bonds. The molecule has 0 aliphatic carbocycles. The van der Waals surface area contributed by atoms with Crippen molar-refractivity contribution in [3.05, 3.63) is 35.6 Å². The Balaban J connectivity index is 1.99. The van der Waals surface area contributed by atoms with Crippen molar-refractivity contribution >= 4 is 5.90 Å². The molecule has 16 heavy (non-hydrogen) atoms. The maximum Gasteiger partial charge on any atom is 0.184 e. The van der Waals surface area contributed by atoms with Gasteiger partial charge in [0.1, 0.15) is 12.4 Å². The van der Waals surface area contributed by atoms with Crippen LogP contribution in [-0.2, 0) is 11.2 Å². The number of nitrogens with zero attached hydrogens (tertiary/aromatic N) is 1. The molecule has 1 aromatic carbocycles. The Kier molecular flexibility index (Phi) is 3.51. The summed E-state index contributed by atoms with van der Waals surface area (Å²) in [5.41, 5.74) is 6.10. The molecule has 1 aliphatic heterocycles. The van der Waals surface area contributed by atoms with Crippen LogP contribution in [0.1, 0.15) is 12.0 Å². The zero-order valence-electron chi connectivity index (χ0n) is 9.03. The molecule has 1 aliphatic rings. The van der Waals surface area contributed by atoms with Gasteiger partial charge in [-0.15, -0.1) is 0 Å². The van der Waals surface area contributed by atoms with E-state index in [1.165, 1.54) is 6.07 Å². The van der Waals surface area contributed by atoms with Gasteiger partial charge >= 0.3 is 0 Å². The molecular weight excluding hydrogens is 207 g/mol. The van der Waals surface area contributed by atoms with Crippen LogP contribution in [0.2, 0.25) is 0 Å². The second-order valence-electron chi connectivity index (χ2n) is 3.82. The van der Waals surface area contributed by atoms with Gasteiger partial charge in [0.15, 0.2) is 5.90 Å². The van der Waals surface area contributed by atoms with E-state index >= 15 is 0 Å². The summed E-state index contributed by atoms with van der Waals surface area (Å²) < 4.78 is 18.7. The second-order valence-corrected chi connectivity index (χ2v) is 3.82. The lowest BCUT2D eigenvalue weighted by Crippen LogP contribution is -2.11. The molecular formula is C12H15FN2O. The number of aliphatic imine (C=N–C) groups is 1. The van der Waals surface area contributed by atoms with Gasteiger partial charge in [0.25, 0.3) is 0 Å². The largest absolute Gasteiger partial charge is 0.479 e. The van der Waals surface area contributed by atoms with Crippen LogP contribution in [-0.4, -0.2) is 25.1 Å². The zero-order chi connectivity index (χ0) is 11.4. The molecule has 0 aromatic heterocycles. The summed E-state index contributed by atoms with van der Waals surface area (Å²) in [7, 11) is 0. The molecule has 0 saturated carbocycles. The van der Waals surface area contributed by atoms with Crippen molar-refractivity contribution in [2.24, 2.45) is 10.7 Å². The lowest BCUT2D eigenvalue weighted by Gasteiger charge is -2.05. The molecule has 86 valence electrons. The van der Waals surface area contributed by atoms with Crippen LogP contribution in [0.4, 0.5) is 4.39 Å². The summed E-state index contributed by atoms with van der Waals surface area (Å²) in [4.78, 5) is 4.36. The predicted octanol–water partition coefficient (Wildman–Crippen LogP) is 1.51. The molecule has 0 radical (unpaired) electrons. The van der Waals surface area contributed by atoms with E-state index in [4.69, 9.17) is 10.5 Å². The summed E-state index contributed by atoms with van der Waals surface area (Å²) >= 11 is 0. The molecule has 2 rings (SSSR count). The van der Waals surface area contributed by atoms with Gasteiger partial charge in [0, 0.05) is 19.4 Å². The quantitative estimate of drug-likeness (QED) is 0.839. The van der Waals surface area contributed by atoms with Crippen LogP contribution >= 0.6 is 0 Å². The third-order valence-electron chi connectivity index (χ3n) is 2.54. The molecule has 2 N–H and O–H groups in total. The van der Waals surface area contributed by atoms with Crippen molar-refractivity contribution in [2.45, 2.75) is 18.9 Å². The van der Waals surface area contributed by atoms with Gasteiger partial charge < -0.3 is 10.5 Å². The van der Waals surface area contributed by atoms with Crippen LogP contribution in [0.25, 0.3) is 0 Å². The Labute approximate surface area is 94.1 Å². The average molecular weight is 222 g/mol. The van der Waals surface area contributed by atoms with E-state index in [0.29, 0.717) is 37.5 Å². The zero-order valence-corrected chi connectivity index (χ0v) is 9.03. The maximum atomic E-state index is 13.4. The lowest BCUT2D eigenvalue weighted by atomic mass is 10.1. The number of hydrogen-bond acceptors (Lipinski definition) is 3. The SMILES string of the molecule is NCCC1=NC(Cc2ccccc2F)CO1. The standard InChI is InChI=1S/C12H15FN2O/c13-11-4-2-1-3-9(11)7-10-8-16-12(15-10)5-6-14/h1-4,10H,5-8,14H2. The first kappa shape index (κ1) is 11.1. The highest BCUT2D eigenvalue weighted by molar-refractivity contribution is 5.77. The van der Waals surface area contributed by atoms with Crippen LogP contribution in [0.5, 0.6) is 0 Å². The lowest BCUT2D eigenvalue weighted by molar-refractivity contribution is 0.309. The van der Waals surface area contributed by atoms with Gasteiger partial charge in [0.05, 0.1) is 6.04 Å². The molecule has 0 fully saturated rings. The predicted molar refractivity (Wildman–Crippen MR) is 61.0 cm³/mol. The van der Waals surface area contributed by atoms with Gasteiger partial charge in [-0.05, 0) is 11.6 Å². The van der Waals surface area contributed by atoms with Gasteiger partial charge in [-0.3, -0.25) is 0 Å². The molecule has 1 unspecified atom stereocenters. The van der Waals surface area contributed by atoms with Crippen LogP contribution in [0.15, 0.2) is 29.3 Å². The highest BCUT2D eigenvalue weighted by Gasteiger charge is 2.19. The molecule has 0 spiro atoms. The smallest absolute Gasteiger partial charge is 0.184 e. The van der Waals surface area contributed by atoms with Crippen LogP contribution < -0.4 is 5.73 Å². The van der Waals surface area contributed by atoms with Crippen LogP contribution in [0.3, 0.4) is 0 Å². The molecule has 1 aromatic rings. The highest BCUT2D eigenvalue weighted by Crippen LogP contribution is 2.15. The molecule has 0 bridgehead atoms. The summed E-state index contributed by atoms with van der Waals surface area (Å²) in [6, 6.07) is 6.80. The van der Waals surface area contributed by atoms with Gasteiger partial charge in [-0.2, -0.15) is 0 Å². The molecule has 4 heteroatoms. The van der Waals surface area contributed by atoms with Crippen molar-refractivity contribution < 1.29 is 9.13 Å². The maximum absolute atomic E-state index is 13.4.